The van der Waals surface area contributed by atoms with Crippen LogP contribution in [0.15, 0.2) is 66.0 Å². The second-order valence-electron chi connectivity index (χ2n) is 6.30. The van der Waals surface area contributed by atoms with Gasteiger partial charge in [0.15, 0.2) is 5.69 Å². The Hall–Kier alpha value is -3.65. The van der Waals surface area contributed by atoms with Crippen LogP contribution in [-0.4, -0.2) is 29.9 Å². The first-order valence-electron chi connectivity index (χ1n) is 9.02. The van der Waals surface area contributed by atoms with Gasteiger partial charge in [0, 0.05) is 6.07 Å². The van der Waals surface area contributed by atoms with Crippen molar-refractivity contribution in [1.29, 1.82) is 0 Å². The lowest BCUT2D eigenvalue weighted by atomic mass is 10.2. The van der Waals surface area contributed by atoms with Gasteiger partial charge in [-0.3, -0.25) is 4.79 Å². The Balaban J connectivity index is 1.72. The lowest BCUT2D eigenvalue weighted by Crippen LogP contribution is -2.14. The highest BCUT2D eigenvalue weighted by atomic mass is 32.1. The third-order valence-corrected chi connectivity index (χ3v) is 5.33. The van der Waals surface area contributed by atoms with Crippen molar-refractivity contribution in [3.63, 3.8) is 0 Å². The number of carbonyl (C=O) groups excluding carboxylic acids is 1. The second kappa shape index (κ2) is 8.38. The van der Waals surface area contributed by atoms with E-state index in [1.807, 2.05) is 17.5 Å². The molecule has 0 fully saturated rings. The quantitative estimate of drug-likeness (QED) is 0.474. The summed E-state index contributed by atoms with van der Waals surface area (Å²) < 4.78 is 25.5. The van der Waals surface area contributed by atoms with E-state index >= 15 is 0 Å². The Morgan fingerprint density at radius 2 is 1.87 bits per heavy atom. The molecule has 1 amide bonds. The molecule has 152 valence electrons. The summed E-state index contributed by atoms with van der Waals surface area (Å²) >= 11 is 1.52. The van der Waals surface area contributed by atoms with Gasteiger partial charge in [-0.15, -0.1) is 11.3 Å². The third kappa shape index (κ3) is 3.90. The van der Waals surface area contributed by atoms with E-state index in [9.17, 15) is 9.18 Å². The average molecular weight is 423 g/mol. The minimum Gasteiger partial charge on any atom is -0.497 e. The molecule has 0 aliphatic heterocycles. The summed E-state index contributed by atoms with van der Waals surface area (Å²) in [6.45, 7) is 0. The SMILES string of the molecule is COc1ccc(OC)c(NC(=O)c2cc(-c3cccs3)n(-c3ccc(F)cc3)n2)c1. The van der Waals surface area contributed by atoms with Crippen molar-refractivity contribution >= 4 is 22.9 Å². The predicted octanol–water partition coefficient (Wildman–Crippen LogP) is 5.01. The number of hydrogen-bond acceptors (Lipinski definition) is 5. The zero-order valence-electron chi connectivity index (χ0n) is 16.3. The predicted molar refractivity (Wildman–Crippen MR) is 114 cm³/mol. The molecule has 0 atom stereocenters. The highest BCUT2D eigenvalue weighted by Gasteiger charge is 2.19. The average Bonchev–Trinajstić information content (AvgIpc) is 3.44. The Kier molecular flexibility index (Phi) is 5.49. The number of aromatic nitrogens is 2. The maximum Gasteiger partial charge on any atom is 0.276 e. The van der Waals surface area contributed by atoms with Crippen LogP contribution in [0.4, 0.5) is 10.1 Å². The van der Waals surface area contributed by atoms with Crippen LogP contribution in [0.5, 0.6) is 11.5 Å². The van der Waals surface area contributed by atoms with E-state index in [0.717, 1.165) is 10.6 Å². The minimum absolute atomic E-state index is 0.215. The summed E-state index contributed by atoms with van der Waals surface area (Å²) in [6, 6.07) is 16.6. The number of thiophene rings is 1. The van der Waals surface area contributed by atoms with Crippen LogP contribution >= 0.6 is 11.3 Å². The van der Waals surface area contributed by atoms with Crippen molar-refractivity contribution in [2.24, 2.45) is 0 Å². The Labute approximate surface area is 176 Å². The fourth-order valence-electron chi connectivity index (χ4n) is 2.97. The van der Waals surface area contributed by atoms with E-state index in [0.29, 0.717) is 22.9 Å². The molecule has 4 aromatic rings. The minimum atomic E-state index is -0.403. The number of rotatable bonds is 6. The molecule has 0 unspecified atom stereocenters. The van der Waals surface area contributed by atoms with E-state index in [1.165, 1.54) is 30.6 Å². The fraction of sp³-hybridized carbons (Fsp3) is 0.0909. The number of anilines is 1. The van der Waals surface area contributed by atoms with Crippen molar-refractivity contribution in [2.45, 2.75) is 0 Å². The van der Waals surface area contributed by atoms with Gasteiger partial charge in [0.2, 0.25) is 0 Å². The highest BCUT2D eigenvalue weighted by molar-refractivity contribution is 7.13. The molecular formula is C22H18FN3O3S. The number of carbonyl (C=O) groups is 1. The summed E-state index contributed by atoms with van der Waals surface area (Å²) in [5, 5.41) is 9.24. The van der Waals surface area contributed by atoms with Gasteiger partial charge in [0.1, 0.15) is 17.3 Å². The molecule has 2 aromatic carbocycles. The van der Waals surface area contributed by atoms with Crippen molar-refractivity contribution in [1.82, 2.24) is 9.78 Å². The van der Waals surface area contributed by atoms with Crippen LogP contribution < -0.4 is 14.8 Å². The van der Waals surface area contributed by atoms with Crippen LogP contribution in [0.3, 0.4) is 0 Å². The number of benzene rings is 2. The van der Waals surface area contributed by atoms with Crippen molar-refractivity contribution in [3.8, 4) is 27.8 Å². The molecule has 0 spiro atoms. The summed E-state index contributed by atoms with van der Waals surface area (Å²) in [7, 11) is 3.07. The number of nitrogens with zero attached hydrogens (tertiary/aromatic N) is 2. The van der Waals surface area contributed by atoms with Crippen LogP contribution in [0.1, 0.15) is 10.5 Å². The molecule has 4 rings (SSSR count). The topological polar surface area (TPSA) is 65.4 Å². The molecule has 8 heteroatoms. The number of amides is 1. The number of hydrogen-bond donors (Lipinski definition) is 1. The van der Waals surface area contributed by atoms with E-state index in [4.69, 9.17) is 9.47 Å². The van der Waals surface area contributed by atoms with Gasteiger partial charge in [0.25, 0.3) is 5.91 Å². The normalized spacial score (nSPS) is 10.6. The van der Waals surface area contributed by atoms with Gasteiger partial charge in [0.05, 0.1) is 36.2 Å². The molecule has 1 N–H and O–H groups in total. The van der Waals surface area contributed by atoms with Gasteiger partial charge in [-0.05, 0) is 53.9 Å². The fourth-order valence-corrected chi connectivity index (χ4v) is 3.70. The zero-order valence-corrected chi connectivity index (χ0v) is 17.1. The molecule has 0 radical (unpaired) electrons. The number of methoxy groups -OCH3 is 2. The first-order chi connectivity index (χ1) is 14.6. The Morgan fingerprint density at radius 3 is 2.53 bits per heavy atom. The molecule has 30 heavy (non-hydrogen) atoms. The molecule has 0 aliphatic carbocycles. The smallest absolute Gasteiger partial charge is 0.276 e. The maximum absolute atomic E-state index is 13.4. The molecule has 0 saturated heterocycles. The van der Waals surface area contributed by atoms with Crippen molar-refractivity contribution in [3.05, 3.63) is 77.6 Å². The molecule has 0 aliphatic rings. The second-order valence-corrected chi connectivity index (χ2v) is 7.25. The van der Waals surface area contributed by atoms with E-state index in [2.05, 4.69) is 10.4 Å². The molecule has 6 nitrogen and oxygen atoms in total. The van der Waals surface area contributed by atoms with Crippen LogP contribution in [-0.2, 0) is 0 Å². The summed E-state index contributed by atoms with van der Waals surface area (Å²) in [5.41, 5.74) is 2.07. The number of nitrogens with one attached hydrogen (secondary N) is 1. The molecule has 0 saturated carbocycles. The van der Waals surface area contributed by atoms with Crippen LogP contribution in [0.2, 0.25) is 0 Å². The Morgan fingerprint density at radius 1 is 1.07 bits per heavy atom. The van der Waals surface area contributed by atoms with Gasteiger partial charge in [-0.25, -0.2) is 9.07 Å². The number of halogens is 1. The molecular weight excluding hydrogens is 405 g/mol. The first-order valence-corrected chi connectivity index (χ1v) is 9.90. The highest BCUT2D eigenvalue weighted by Crippen LogP contribution is 2.31. The van der Waals surface area contributed by atoms with Crippen molar-refractivity contribution in [2.75, 3.05) is 19.5 Å². The summed E-state index contributed by atoms with van der Waals surface area (Å²) in [5.74, 6) is 0.342. The molecule has 0 bridgehead atoms. The van der Waals surface area contributed by atoms with E-state index in [1.54, 1.807) is 48.2 Å². The van der Waals surface area contributed by atoms with Gasteiger partial charge in [-0.1, -0.05) is 6.07 Å². The lowest BCUT2D eigenvalue weighted by molar-refractivity contribution is 0.102. The van der Waals surface area contributed by atoms with Crippen LogP contribution in [0, 0.1) is 5.82 Å². The van der Waals surface area contributed by atoms with Gasteiger partial charge < -0.3 is 14.8 Å². The Bertz CT molecular complexity index is 1170. The third-order valence-electron chi connectivity index (χ3n) is 4.44. The van der Waals surface area contributed by atoms with E-state index < -0.39 is 5.91 Å². The number of ether oxygens (including phenoxy) is 2. The van der Waals surface area contributed by atoms with Crippen LogP contribution in [0.25, 0.3) is 16.3 Å². The molecule has 2 aromatic heterocycles. The van der Waals surface area contributed by atoms with Gasteiger partial charge in [-0.2, -0.15) is 5.10 Å². The first kappa shape index (κ1) is 19.7. The largest absolute Gasteiger partial charge is 0.497 e. The molecule has 2 heterocycles. The lowest BCUT2D eigenvalue weighted by Gasteiger charge is -2.11. The van der Waals surface area contributed by atoms with Crippen molar-refractivity contribution < 1.29 is 18.7 Å². The summed E-state index contributed by atoms with van der Waals surface area (Å²) in [6.07, 6.45) is 0. The monoisotopic (exact) mass is 423 g/mol. The van der Waals surface area contributed by atoms with Gasteiger partial charge >= 0.3 is 0 Å². The standard InChI is InChI=1S/C22H18FN3O3S/c1-28-16-9-10-20(29-2)17(12-16)24-22(27)18-13-19(21-4-3-11-30-21)26(25-18)15-7-5-14(23)6-8-15/h3-13H,1-2H3,(H,24,27). The maximum atomic E-state index is 13.4. The summed E-state index contributed by atoms with van der Waals surface area (Å²) in [4.78, 5) is 13.9. The van der Waals surface area contributed by atoms with E-state index in [-0.39, 0.29) is 11.5 Å². The zero-order chi connectivity index (χ0) is 21.1.